The number of nitrogen functional groups attached to an aromatic ring is 1. The van der Waals surface area contributed by atoms with Crippen molar-refractivity contribution in [3.05, 3.63) is 54.4 Å². The predicted molar refractivity (Wildman–Crippen MR) is 107 cm³/mol. The quantitative estimate of drug-likeness (QED) is 0.703. The highest BCUT2D eigenvalue weighted by Crippen LogP contribution is 2.46. The van der Waals surface area contributed by atoms with Crippen LogP contribution in [0.15, 0.2) is 48.8 Å². The molecule has 3 N–H and O–H groups in total. The average Bonchev–Trinajstić information content (AvgIpc) is 3.25. The number of nitrogens with one attached hydrogen (secondary N) is 1. The number of fused-ring (bicyclic) bond motifs is 1. The molecule has 0 radical (unpaired) electrons. The molecule has 1 saturated heterocycles. The van der Waals surface area contributed by atoms with E-state index in [1.807, 2.05) is 36.7 Å². The van der Waals surface area contributed by atoms with Crippen LogP contribution in [0.3, 0.4) is 0 Å². The maximum absolute atomic E-state index is 13.0. The van der Waals surface area contributed by atoms with Gasteiger partial charge in [0.25, 0.3) is 0 Å². The molecule has 1 amide bonds. The minimum Gasteiger partial charge on any atom is -0.399 e. The van der Waals surface area contributed by atoms with Crippen LogP contribution in [0.25, 0.3) is 11.0 Å². The summed E-state index contributed by atoms with van der Waals surface area (Å²) >= 11 is 0. The zero-order valence-electron chi connectivity index (χ0n) is 15.2. The van der Waals surface area contributed by atoms with Crippen LogP contribution < -0.4 is 10.6 Å². The summed E-state index contributed by atoms with van der Waals surface area (Å²) in [6, 6.07) is 11.8. The summed E-state index contributed by atoms with van der Waals surface area (Å²) in [7, 11) is 0. The van der Waals surface area contributed by atoms with Crippen molar-refractivity contribution >= 4 is 28.3 Å². The first-order valence-corrected chi connectivity index (χ1v) is 9.47. The van der Waals surface area contributed by atoms with Crippen LogP contribution in [-0.2, 0) is 11.2 Å². The van der Waals surface area contributed by atoms with Crippen LogP contribution in [0.5, 0.6) is 0 Å². The number of pyridine rings is 1. The molecule has 0 atom stereocenters. The molecule has 2 aliphatic rings. The Morgan fingerprint density at radius 3 is 2.74 bits per heavy atom. The number of carbonyl (C=O) groups is 1. The Morgan fingerprint density at radius 1 is 1.15 bits per heavy atom. The maximum atomic E-state index is 13.0. The van der Waals surface area contributed by atoms with Crippen LogP contribution in [0.1, 0.15) is 18.4 Å². The highest BCUT2D eigenvalue weighted by molar-refractivity contribution is 5.90. The van der Waals surface area contributed by atoms with Gasteiger partial charge in [-0.05, 0) is 42.7 Å². The molecule has 6 nitrogen and oxygen atoms in total. The van der Waals surface area contributed by atoms with E-state index in [1.54, 1.807) is 0 Å². The van der Waals surface area contributed by atoms with Crippen LogP contribution in [-0.4, -0.2) is 45.9 Å². The highest BCUT2D eigenvalue weighted by atomic mass is 16.2. The van der Waals surface area contributed by atoms with E-state index in [0.29, 0.717) is 6.42 Å². The predicted octanol–water partition coefficient (Wildman–Crippen LogP) is 2.57. The monoisotopic (exact) mass is 361 g/mol. The number of H-pyrrole nitrogens is 1. The summed E-state index contributed by atoms with van der Waals surface area (Å²) in [5.41, 5.74) is 9.62. The molecule has 1 aromatic carbocycles. The molecule has 0 bridgehead atoms. The number of anilines is 2. The second kappa shape index (κ2) is 6.01. The average molecular weight is 361 g/mol. The van der Waals surface area contributed by atoms with Crippen LogP contribution in [0, 0.1) is 0 Å². The molecule has 138 valence electrons. The third kappa shape index (κ3) is 2.81. The molecule has 6 heteroatoms. The molecular formula is C21H23N5O. The lowest BCUT2D eigenvalue weighted by Gasteiger charge is -2.43. The SMILES string of the molecule is Nc1ccc(CC(=O)N2CCN(c3ccnc4[nH]ccc34)CC23CC3)cc1. The fourth-order valence-electron chi connectivity index (χ4n) is 4.27. The fraction of sp³-hybridized carbons (Fsp3) is 0.333. The van der Waals surface area contributed by atoms with Crippen LogP contribution in [0.4, 0.5) is 11.4 Å². The van der Waals surface area contributed by atoms with Crippen LogP contribution in [0.2, 0.25) is 0 Å². The molecule has 2 aromatic heterocycles. The van der Waals surface area contributed by atoms with E-state index in [9.17, 15) is 4.79 Å². The molecule has 2 fully saturated rings. The number of nitrogens with two attached hydrogens (primary N) is 1. The summed E-state index contributed by atoms with van der Waals surface area (Å²) in [5.74, 6) is 0.221. The summed E-state index contributed by atoms with van der Waals surface area (Å²) in [6.07, 6.45) is 6.39. The second-order valence-corrected chi connectivity index (χ2v) is 7.68. The van der Waals surface area contributed by atoms with Crippen molar-refractivity contribution in [2.24, 2.45) is 0 Å². The van der Waals surface area contributed by atoms with Gasteiger partial charge in [0.1, 0.15) is 5.65 Å². The lowest BCUT2D eigenvalue weighted by Crippen LogP contribution is -2.57. The number of nitrogens with zero attached hydrogens (tertiary/aromatic N) is 3. The maximum Gasteiger partial charge on any atom is 0.227 e. The Bertz CT molecular complexity index is 989. The molecular weight excluding hydrogens is 338 g/mol. The zero-order chi connectivity index (χ0) is 18.4. The van der Waals surface area contributed by atoms with E-state index < -0.39 is 0 Å². The van der Waals surface area contributed by atoms with E-state index in [2.05, 4.69) is 31.9 Å². The Kier molecular flexibility index (Phi) is 3.60. The van der Waals surface area contributed by atoms with Gasteiger partial charge in [-0.3, -0.25) is 4.79 Å². The van der Waals surface area contributed by atoms with Crippen molar-refractivity contribution in [1.29, 1.82) is 0 Å². The Hall–Kier alpha value is -3.02. The highest BCUT2D eigenvalue weighted by Gasteiger charge is 2.53. The zero-order valence-corrected chi connectivity index (χ0v) is 15.2. The Morgan fingerprint density at radius 2 is 1.96 bits per heavy atom. The molecule has 1 aliphatic carbocycles. The van der Waals surface area contributed by atoms with E-state index in [0.717, 1.165) is 54.8 Å². The number of hydrogen-bond donors (Lipinski definition) is 2. The van der Waals surface area contributed by atoms with Crippen molar-refractivity contribution in [2.45, 2.75) is 24.8 Å². The lowest BCUT2D eigenvalue weighted by molar-refractivity contribution is -0.134. The standard InChI is InChI=1S/C21H23N5O/c22-16-3-1-15(2-4-16)13-19(27)26-12-11-25(14-21(26)7-8-21)18-6-10-24-20-17(18)5-9-23-20/h1-6,9-10H,7-8,11-14,22H2,(H,23,24). The first-order valence-electron chi connectivity index (χ1n) is 9.47. The van der Waals surface area contributed by atoms with Gasteiger partial charge in [-0.1, -0.05) is 12.1 Å². The van der Waals surface area contributed by atoms with Gasteiger partial charge in [-0.15, -0.1) is 0 Å². The second-order valence-electron chi connectivity index (χ2n) is 7.68. The molecule has 5 rings (SSSR count). The van der Waals surface area contributed by atoms with Crippen molar-refractivity contribution < 1.29 is 4.79 Å². The van der Waals surface area contributed by atoms with Gasteiger partial charge in [0.2, 0.25) is 5.91 Å². The molecule has 3 aromatic rings. The Balaban J connectivity index is 1.34. The molecule has 3 heterocycles. The van der Waals surface area contributed by atoms with Gasteiger partial charge >= 0.3 is 0 Å². The van der Waals surface area contributed by atoms with Gasteiger partial charge < -0.3 is 20.5 Å². The van der Waals surface area contributed by atoms with Crippen molar-refractivity contribution in [3.8, 4) is 0 Å². The number of carbonyl (C=O) groups excluding carboxylic acids is 1. The number of aromatic nitrogens is 2. The van der Waals surface area contributed by atoms with Crippen molar-refractivity contribution in [3.63, 3.8) is 0 Å². The number of benzene rings is 1. The lowest BCUT2D eigenvalue weighted by atomic mass is 10.1. The molecule has 27 heavy (non-hydrogen) atoms. The topological polar surface area (TPSA) is 78.2 Å². The minimum absolute atomic E-state index is 0.00492. The van der Waals surface area contributed by atoms with Crippen molar-refractivity contribution in [1.82, 2.24) is 14.9 Å². The van der Waals surface area contributed by atoms with E-state index >= 15 is 0 Å². The van der Waals surface area contributed by atoms with E-state index in [-0.39, 0.29) is 11.4 Å². The fourth-order valence-corrected chi connectivity index (χ4v) is 4.27. The molecule has 1 spiro atoms. The first kappa shape index (κ1) is 16.2. The van der Waals surface area contributed by atoms with Gasteiger partial charge in [-0.25, -0.2) is 4.98 Å². The minimum atomic E-state index is -0.00492. The normalized spacial score (nSPS) is 18.2. The van der Waals surface area contributed by atoms with Gasteiger partial charge in [0.15, 0.2) is 0 Å². The van der Waals surface area contributed by atoms with Crippen LogP contribution >= 0.6 is 0 Å². The number of piperazine rings is 1. The number of rotatable bonds is 3. The third-order valence-corrected chi connectivity index (χ3v) is 5.89. The van der Waals surface area contributed by atoms with E-state index in [1.165, 1.54) is 5.69 Å². The molecule has 0 unspecified atom stereocenters. The summed E-state index contributed by atoms with van der Waals surface area (Å²) in [5, 5.41) is 1.15. The van der Waals surface area contributed by atoms with Gasteiger partial charge in [-0.2, -0.15) is 0 Å². The van der Waals surface area contributed by atoms with Crippen molar-refractivity contribution in [2.75, 3.05) is 30.3 Å². The number of hydrogen-bond acceptors (Lipinski definition) is 4. The van der Waals surface area contributed by atoms with E-state index in [4.69, 9.17) is 5.73 Å². The summed E-state index contributed by atoms with van der Waals surface area (Å²) < 4.78 is 0. The van der Waals surface area contributed by atoms with Gasteiger partial charge in [0.05, 0.1) is 12.0 Å². The smallest absolute Gasteiger partial charge is 0.227 e. The molecule has 1 saturated carbocycles. The number of aromatic amines is 1. The third-order valence-electron chi connectivity index (χ3n) is 5.89. The first-order chi connectivity index (χ1) is 13.1. The van der Waals surface area contributed by atoms with Gasteiger partial charge in [0, 0.05) is 48.8 Å². The summed E-state index contributed by atoms with van der Waals surface area (Å²) in [6.45, 7) is 2.51. The largest absolute Gasteiger partial charge is 0.399 e. The number of amides is 1. The molecule has 1 aliphatic heterocycles. The summed E-state index contributed by atoms with van der Waals surface area (Å²) in [4.78, 5) is 25.1. The Labute approximate surface area is 158 Å².